The molecule has 1 atom stereocenters. The number of benzene rings is 2. The second-order valence-corrected chi connectivity index (χ2v) is 6.28. The van der Waals surface area contributed by atoms with Crippen LogP contribution in [0.25, 0.3) is 0 Å². The van der Waals surface area contributed by atoms with E-state index in [1.165, 1.54) is 17.8 Å². The number of fused-ring (bicyclic) bond motifs is 1. The van der Waals surface area contributed by atoms with E-state index < -0.39 is 0 Å². The van der Waals surface area contributed by atoms with Crippen LogP contribution >= 0.6 is 11.8 Å². The molecule has 3 rings (SSSR count). The van der Waals surface area contributed by atoms with Crippen molar-refractivity contribution in [2.45, 2.75) is 17.4 Å². The van der Waals surface area contributed by atoms with Crippen molar-refractivity contribution in [3.8, 4) is 5.75 Å². The Kier molecular flexibility index (Phi) is 4.71. The molecule has 4 nitrogen and oxygen atoms in total. The lowest BCUT2D eigenvalue weighted by molar-refractivity contribution is 0.248. The summed E-state index contributed by atoms with van der Waals surface area (Å²) in [5, 5.41) is 5.70. The van der Waals surface area contributed by atoms with Gasteiger partial charge in [-0.1, -0.05) is 18.2 Å². The third-order valence-corrected chi connectivity index (χ3v) is 4.82. The third-order valence-electron chi connectivity index (χ3n) is 3.66. The van der Waals surface area contributed by atoms with E-state index in [1.807, 2.05) is 6.07 Å². The van der Waals surface area contributed by atoms with Crippen LogP contribution in [0.3, 0.4) is 0 Å². The van der Waals surface area contributed by atoms with E-state index in [0.717, 1.165) is 17.7 Å². The first-order valence-corrected chi connectivity index (χ1v) is 8.28. The van der Waals surface area contributed by atoms with Gasteiger partial charge in [-0.2, -0.15) is 0 Å². The summed E-state index contributed by atoms with van der Waals surface area (Å²) in [7, 11) is 1.57. The zero-order valence-corrected chi connectivity index (χ0v) is 13.5. The highest BCUT2D eigenvalue weighted by molar-refractivity contribution is 7.99. The first-order chi connectivity index (χ1) is 11.2. The maximum Gasteiger partial charge on any atom is 0.319 e. The second-order valence-electron chi connectivity index (χ2n) is 5.18. The zero-order chi connectivity index (χ0) is 16.2. The number of nitrogens with one attached hydrogen (secondary N) is 2. The molecule has 2 aromatic rings. The van der Waals surface area contributed by atoms with Crippen LogP contribution < -0.4 is 15.4 Å². The van der Waals surface area contributed by atoms with Gasteiger partial charge < -0.3 is 15.4 Å². The van der Waals surface area contributed by atoms with Crippen LogP contribution in [0.15, 0.2) is 47.4 Å². The van der Waals surface area contributed by atoms with Crippen molar-refractivity contribution in [3.63, 3.8) is 0 Å². The van der Waals surface area contributed by atoms with Crippen LogP contribution in [-0.2, 0) is 0 Å². The Morgan fingerprint density at radius 3 is 2.96 bits per heavy atom. The Morgan fingerprint density at radius 1 is 1.30 bits per heavy atom. The summed E-state index contributed by atoms with van der Waals surface area (Å²) in [6.07, 6.45) is 0.770. The predicted octanol–water partition coefficient (Wildman–Crippen LogP) is 4.19. The van der Waals surface area contributed by atoms with E-state index in [-0.39, 0.29) is 17.9 Å². The van der Waals surface area contributed by atoms with Crippen LogP contribution in [0.2, 0.25) is 0 Å². The Morgan fingerprint density at radius 2 is 2.13 bits per heavy atom. The number of amides is 2. The van der Waals surface area contributed by atoms with Gasteiger partial charge in [-0.05, 0) is 30.2 Å². The van der Waals surface area contributed by atoms with Gasteiger partial charge in [-0.15, -0.1) is 11.8 Å². The van der Waals surface area contributed by atoms with Crippen molar-refractivity contribution in [3.05, 3.63) is 53.8 Å². The number of ether oxygens (including phenoxy) is 1. The van der Waals surface area contributed by atoms with Crippen molar-refractivity contribution in [1.29, 1.82) is 0 Å². The van der Waals surface area contributed by atoms with E-state index in [9.17, 15) is 9.18 Å². The normalized spacial score (nSPS) is 16.3. The lowest BCUT2D eigenvalue weighted by atomic mass is 10.0. The maximum absolute atomic E-state index is 13.8. The van der Waals surface area contributed by atoms with E-state index in [1.54, 1.807) is 37.4 Å². The zero-order valence-electron chi connectivity index (χ0n) is 12.6. The quantitative estimate of drug-likeness (QED) is 0.886. The number of urea groups is 1. The number of thioether (sulfide) groups is 1. The van der Waals surface area contributed by atoms with Crippen molar-refractivity contribution in [1.82, 2.24) is 5.32 Å². The lowest BCUT2D eigenvalue weighted by Crippen LogP contribution is -2.34. The number of anilines is 1. The first kappa shape index (κ1) is 15.7. The summed E-state index contributed by atoms with van der Waals surface area (Å²) in [5.41, 5.74) is 1.48. The number of carbonyl (C=O) groups excluding carboxylic acids is 1. The highest BCUT2D eigenvalue weighted by Crippen LogP contribution is 2.37. The molecule has 2 aromatic carbocycles. The van der Waals surface area contributed by atoms with Crippen molar-refractivity contribution >= 4 is 23.5 Å². The molecule has 0 spiro atoms. The SMILES string of the molecule is COc1cccc(NC(=O)N[C@H]2CCSc3c(F)cccc32)c1. The summed E-state index contributed by atoms with van der Waals surface area (Å²) >= 11 is 1.49. The summed E-state index contributed by atoms with van der Waals surface area (Å²) in [6, 6.07) is 11.6. The molecule has 0 aliphatic carbocycles. The molecule has 0 fully saturated rings. The fraction of sp³-hybridized carbons (Fsp3) is 0.235. The Balaban J connectivity index is 1.70. The van der Waals surface area contributed by atoms with Crippen molar-refractivity contribution in [2.75, 3.05) is 18.2 Å². The van der Waals surface area contributed by atoms with Crippen LogP contribution in [-0.4, -0.2) is 18.9 Å². The summed E-state index contributed by atoms with van der Waals surface area (Å²) in [4.78, 5) is 12.8. The van der Waals surface area contributed by atoms with E-state index in [0.29, 0.717) is 16.3 Å². The molecule has 0 bridgehead atoms. The number of methoxy groups -OCH3 is 1. The van der Waals surface area contributed by atoms with Gasteiger partial charge in [0.05, 0.1) is 13.2 Å². The standard InChI is InChI=1S/C17H17FN2O2S/c1-22-12-5-2-4-11(10-12)19-17(21)20-15-8-9-23-16-13(15)6-3-7-14(16)18/h2-7,10,15H,8-9H2,1H3,(H2,19,20,21)/t15-/m0/s1. The average Bonchev–Trinajstić information content (AvgIpc) is 2.56. The van der Waals surface area contributed by atoms with Gasteiger partial charge in [-0.3, -0.25) is 0 Å². The van der Waals surface area contributed by atoms with Gasteiger partial charge in [0.25, 0.3) is 0 Å². The molecular formula is C17H17FN2O2S. The van der Waals surface area contributed by atoms with Crippen LogP contribution in [0.5, 0.6) is 5.75 Å². The fourth-order valence-corrected chi connectivity index (χ4v) is 3.70. The largest absolute Gasteiger partial charge is 0.497 e. The minimum Gasteiger partial charge on any atom is -0.497 e. The highest BCUT2D eigenvalue weighted by atomic mass is 32.2. The molecule has 120 valence electrons. The monoisotopic (exact) mass is 332 g/mol. The topological polar surface area (TPSA) is 50.4 Å². The van der Waals surface area contributed by atoms with E-state index >= 15 is 0 Å². The minimum atomic E-state index is -0.314. The Labute approximate surface area is 138 Å². The maximum atomic E-state index is 13.8. The van der Waals surface area contributed by atoms with E-state index in [4.69, 9.17) is 4.74 Å². The molecule has 0 aromatic heterocycles. The summed E-state index contributed by atoms with van der Waals surface area (Å²) in [6.45, 7) is 0. The molecule has 1 heterocycles. The molecule has 23 heavy (non-hydrogen) atoms. The molecule has 0 unspecified atom stereocenters. The number of rotatable bonds is 3. The van der Waals surface area contributed by atoms with Crippen LogP contribution in [0, 0.1) is 5.82 Å². The van der Waals surface area contributed by atoms with Gasteiger partial charge in [-0.25, -0.2) is 9.18 Å². The molecule has 1 aliphatic rings. The molecule has 0 saturated heterocycles. The number of hydrogen-bond donors (Lipinski definition) is 2. The summed E-state index contributed by atoms with van der Waals surface area (Å²) in [5.74, 6) is 1.22. The number of halogens is 1. The van der Waals surface area contributed by atoms with Gasteiger partial charge in [0, 0.05) is 22.4 Å². The van der Waals surface area contributed by atoms with Crippen molar-refractivity contribution in [2.24, 2.45) is 0 Å². The van der Waals surface area contributed by atoms with Gasteiger partial charge in [0.15, 0.2) is 0 Å². The smallest absolute Gasteiger partial charge is 0.319 e. The molecule has 0 saturated carbocycles. The molecule has 1 aliphatic heterocycles. The predicted molar refractivity (Wildman–Crippen MR) is 89.6 cm³/mol. The molecule has 0 radical (unpaired) electrons. The van der Waals surface area contributed by atoms with Gasteiger partial charge in [0.2, 0.25) is 0 Å². The number of hydrogen-bond acceptors (Lipinski definition) is 3. The number of carbonyl (C=O) groups is 1. The minimum absolute atomic E-state index is 0.187. The van der Waals surface area contributed by atoms with Gasteiger partial charge in [0.1, 0.15) is 11.6 Å². The molecule has 6 heteroatoms. The molecular weight excluding hydrogens is 315 g/mol. The second kappa shape index (κ2) is 6.91. The van der Waals surface area contributed by atoms with Crippen LogP contribution in [0.1, 0.15) is 18.0 Å². The molecule has 2 amide bonds. The summed E-state index contributed by atoms with van der Waals surface area (Å²) < 4.78 is 19.0. The Bertz CT molecular complexity index is 723. The molecule has 2 N–H and O–H groups in total. The first-order valence-electron chi connectivity index (χ1n) is 7.30. The Hall–Kier alpha value is -2.21. The fourth-order valence-electron chi connectivity index (χ4n) is 2.56. The average molecular weight is 332 g/mol. The van der Waals surface area contributed by atoms with Crippen molar-refractivity contribution < 1.29 is 13.9 Å². The van der Waals surface area contributed by atoms with E-state index in [2.05, 4.69) is 10.6 Å². The highest BCUT2D eigenvalue weighted by Gasteiger charge is 2.24. The van der Waals surface area contributed by atoms with Crippen LogP contribution in [0.4, 0.5) is 14.9 Å². The van der Waals surface area contributed by atoms with Gasteiger partial charge >= 0.3 is 6.03 Å². The lowest BCUT2D eigenvalue weighted by Gasteiger charge is -2.26. The third kappa shape index (κ3) is 3.59.